The van der Waals surface area contributed by atoms with Gasteiger partial charge in [0.2, 0.25) is 0 Å². The number of hydrogen-bond acceptors (Lipinski definition) is 5. The van der Waals surface area contributed by atoms with Crippen molar-refractivity contribution in [3.05, 3.63) is 0 Å². The van der Waals surface area contributed by atoms with E-state index in [1.54, 1.807) is 0 Å². The van der Waals surface area contributed by atoms with Gasteiger partial charge in [-0.15, -0.1) is 0 Å². The van der Waals surface area contributed by atoms with Gasteiger partial charge in [0.15, 0.2) is 0 Å². The smallest absolute Gasteiger partial charge is 0.548 e. The van der Waals surface area contributed by atoms with E-state index in [1.165, 1.54) is 77.6 Å². The van der Waals surface area contributed by atoms with Crippen molar-refractivity contribution in [2.24, 2.45) is 0 Å². The first-order valence-electron chi connectivity index (χ1n) is 10.3. The van der Waals surface area contributed by atoms with Crippen LogP contribution in [0.15, 0.2) is 0 Å². The molecule has 0 aliphatic rings. The minimum atomic E-state index is -1.16. The maximum absolute atomic E-state index is 10.5. The average Bonchev–Trinajstić information content (AvgIpc) is 2.59. The van der Waals surface area contributed by atoms with E-state index in [9.17, 15) is 15.0 Å². The van der Waals surface area contributed by atoms with Crippen molar-refractivity contribution in [1.29, 1.82) is 0 Å². The number of nitrogens with one attached hydrogen (secondary N) is 1. The summed E-state index contributed by atoms with van der Waals surface area (Å²) in [6.07, 6.45) is 15.1. The summed E-state index contributed by atoms with van der Waals surface area (Å²) in [6, 6.07) is -0.758. The SMILES string of the molecule is CCCCCCCCCCCCCCOCC(O)CN[C@H](C)C(=O)[O-].[Na+]. The van der Waals surface area contributed by atoms with Gasteiger partial charge < -0.3 is 25.1 Å². The molecule has 5 nitrogen and oxygen atoms in total. The largest absolute Gasteiger partial charge is 1.00 e. The minimum absolute atomic E-state index is 0. The van der Waals surface area contributed by atoms with Crippen LogP contribution in [0.3, 0.4) is 0 Å². The maximum atomic E-state index is 10.5. The fourth-order valence-corrected chi connectivity index (χ4v) is 2.72. The van der Waals surface area contributed by atoms with Crippen LogP contribution in [0, 0.1) is 0 Å². The van der Waals surface area contributed by atoms with Crippen LogP contribution in [0.5, 0.6) is 0 Å². The summed E-state index contributed by atoms with van der Waals surface area (Å²) < 4.78 is 5.43. The molecule has 1 unspecified atom stereocenters. The van der Waals surface area contributed by atoms with Crippen LogP contribution in [0.25, 0.3) is 0 Å². The number of carboxylic acid groups (broad SMARTS) is 1. The van der Waals surface area contributed by atoms with E-state index in [1.807, 2.05) is 0 Å². The molecule has 0 aliphatic heterocycles. The second kappa shape index (κ2) is 21.6. The van der Waals surface area contributed by atoms with Gasteiger partial charge in [0.25, 0.3) is 0 Å². The zero-order chi connectivity index (χ0) is 18.8. The predicted octanol–water partition coefficient (Wildman–Crippen LogP) is -0.203. The number of aliphatic hydroxyl groups excluding tert-OH is 1. The number of unbranched alkanes of at least 4 members (excludes halogenated alkanes) is 11. The van der Waals surface area contributed by atoms with E-state index in [0.717, 1.165) is 6.42 Å². The Kier molecular flexibility index (Phi) is 23.8. The van der Waals surface area contributed by atoms with Gasteiger partial charge in [-0.25, -0.2) is 0 Å². The van der Waals surface area contributed by atoms with Crippen molar-refractivity contribution in [2.75, 3.05) is 19.8 Å². The molecule has 0 spiro atoms. The van der Waals surface area contributed by atoms with Gasteiger partial charge in [-0.3, -0.25) is 0 Å². The van der Waals surface area contributed by atoms with E-state index in [0.29, 0.717) is 6.61 Å². The molecule has 0 rings (SSSR count). The molecule has 0 fully saturated rings. The Morgan fingerprint density at radius 2 is 1.42 bits per heavy atom. The van der Waals surface area contributed by atoms with Gasteiger partial charge in [-0.1, -0.05) is 77.6 Å². The summed E-state index contributed by atoms with van der Waals surface area (Å²) in [5, 5.41) is 22.9. The minimum Gasteiger partial charge on any atom is -0.548 e. The van der Waals surface area contributed by atoms with Gasteiger partial charge in [-0.05, 0) is 13.3 Å². The molecule has 0 radical (unpaired) electrons. The molecule has 2 atom stereocenters. The van der Waals surface area contributed by atoms with E-state index >= 15 is 0 Å². The average molecular weight is 382 g/mol. The molecule has 2 N–H and O–H groups in total. The van der Waals surface area contributed by atoms with Crippen LogP contribution in [-0.2, 0) is 9.53 Å². The molecule has 0 saturated heterocycles. The third-order valence-corrected chi connectivity index (χ3v) is 4.47. The third kappa shape index (κ3) is 20.7. The number of hydrogen-bond donors (Lipinski definition) is 2. The molecule has 6 heteroatoms. The second-order valence-electron chi connectivity index (χ2n) is 7.07. The molecule has 0 heterocycles. The molecule has 0 aromatic heterocycles. The molecular weight excluding hydrogens is 341 g/mol. The number of carbonyl (C=O) groups is 1. The summed E-state index contributed by atoms with van der Waals surface area (Å²) in [5.74, 6) is -1.16. The van der Waals surface area contributed by atoms with E-state index in [-0.39, 0.29) is 42.7 Å². The van der Waals surface area contributed by atoms with Crippen molar-refractivity contribution in [3.63, 3.8) is 0 Å². The first kappa shape index (κ1) is 28.6. The Morgan fingerprint density at radius 3 is 1.88 bits per heavy atom. The van der Waals surface area contributed by atoms with Gasteiger partial charge in [0, 0.05) is 19.2 Å². The Labute approximate surface area is 182 Å². The fourth-order valence-electron chi connectivity index (χ4n) is 2.72. The summed E-state index contributed by atoms with van der Waals surface area (Å²) in [4.78, 5) is 10.5. The molecular formula is C20H40NNaO4. The Bertz CT molecular complexity index is 306. The fraction of sp³-hybridized carbons (Fsp3) is 0.950. The molecule has 26 heavy (non-hydrogen) atoms. The Hall–Kier alpha value is 0.350. The van der Waals surface area contributed by atoms with Crippen LogP contribution in [0.4, 0.5) is 0 Å². The van der Waals surface area contributed by atoms with Crippen LogP contribution in [0.1, 0.15) is 90.9 Å². The van der Waals surface area contributed by atoms with E-state index in [2.05, 4.69) is 12.2 Å². The van der Waals surface area contributed by atoms with Gasteiger partial charge >= 0.3 is 29.6 Å². The van der Waals surface area contributed by atoms with Gasteiger partial charge in [-0.2, -0.15) is 0 Å². The number of carbonyl (C=O) groups excluding carboxylic acids is 1. The normalized spacial score (nSPS) is 13.2. The first-order valence-corrected chi connectivity index (χ1v) is 10.3. The predicted molar refractivity (Wildman–Crippen MR) is 100 cm³/mol. The Balaban J connectivity index is 0. The second-order valence-corrected chi connectivity index (χ2v) is 7.07. The number of ether oxygens (including phenoxy) is 1. The van der Waals surface area contributed by atoms with Gasteiger partial charge in [0.1, 0.15) is 0 Å². The van der Waals surface area contributed by atoms with Crippen molar-refractivity contribution >= 4 is 5.97 Å². The molecule has 150 valence electrons. The molecule has 0 aromatic carbocycles. The molecule has 0 amide bonds. The molecule has 0 bridgehead atoms. The number of rotatable bonds is 19. The van der Waals surface area contributed by atoms with Crippen LogP contribution in [0.2, 0.25) is 0 Å². The van der Waals surface area contributed by atoms with E-state index < -0.39 is 18.1 Å². The van der Waals surface area contributed by atoms with Crippen LogP contribution in [-0.4, -0.2) is 43.0 Å². The molecule has 0 aliphatic carbocycles. The number of aliphatic carboxylic acids is 1. The standard InChI is InChI=1S/C20H41NO4.Na/c1-3-4-5-6-7-8-9-10-11-12-13-14-15-25-17-19(22)16-21-18(2)20(23)24;/h18-19,21-22H,3-17H2,1-2H3,(H,23,24);/q;+1/p-1/t18-,19?;/m1./s1. The Morgan fingerprint density at radius 1 is 0.962 bits per heavy atom. The van der Waals surface area contributed by atoms with Crippen molar-refractivity contribution in [1.82, 2.24) is 5.32 Å². The van der Waals surface area contributed by atoms with Crippen LogP contribution < -0.4 is 40.0 Å². The topological polar surface area (TPSA) is 81.6 Å². The summed E-state index contributed by atoms with van der Waals surface area (Å²) in [7, 11) is 0. The zero-order valence-corrected chi connectivity index (χ0v) is 19.4. The van der Waals surface area contributed by atoms with Gasteiger partial charge in [0.05, 0.1) is 18.7 Å². The summed E-state index contributed by atoms with van der Waals surface area (Å²) in [6.45, 7) is 4.85. The number of carboxylic acids is 1. The van der Waals surface area contributed by atoms with E-state index in [4.69, 9.17) is 4.74 Å². The van der Waals surface area contributed by atoms with Crippen molar-refractivity contribution in [3.8, 4) is 0 Å². The van der Waals surface area contributed by atoms with Crippen LogP contribution >= 0.6 is 0 Å². The number of aliphatic hydroxyl groups is 1. The third-order valence-electron chi connectivity index (χ3n) is 4.47. The summed E-state index contributed by atoms with van der Waals surface area (Å²) >= 11 is 0. The maximum Gasteiger partial charge on any atom is 1.00 e. The van der Waals surface area contributed by atoms with Crippen molar-refractivity contribution < 1.29 is 49.3 Å². The molecule has 0 saturated carbocycles. The first-order chi connectivity index (χ1) is 12.1. The quantitative estimate of drug-likeness (QED) is 0.239. The monoisotopic (exact) mass is 381 g/mol. The zero-order valence-electron chi connectivity index (χ0n) is 17.4. The molecule has 0 aromatic rings. The van der Waals surface area contributed by atoms with Crippen molar-refractivity contribution in [2.45, 2.75) is 103 Å². The summed E-state index contributed by atoms with van der Waals surface area (Å²) in [5.41, 5.74) is 0.